The molecule has 0 atom stereocenters. The van der Waals surface area contributed by atoms with E-state index in [2.05, 4.69) is 21.2 Å². The van der Waals surface area contributed by atoms with Crippen molar-refractivity contribution >= 4 is 38.3 Å². The van der Waals surface area contributed by atoms with Gasteiger partial charge in [-0.25, -0.2) is 0 Å². The molecule has 0 aliphatic heterocycles. The summed E-state index contributed by atoms with van der Waals surface area (Å²) in [6, 6.07) is 19.1. The van der Waals surface area contributed by atoms with Crippen molar-refractivity contribution < 1.29 is 14.3 Å². The van der Waals surface area contributed by atoms with Gasteiger partial charge < -0.3 is 14.8 Å². The van der Waals surface area contributed by atoms with Gasteiger partial charge in [0.25, 0.3) is 5.91 Å². The topological polar surface area (TPSA) is 47.6 Å². The number of carbonyl (C=O) groups excluding carboxylic acids is 1. The summed E-state index contributed by atoms with van der Waals surface area (Å²) in [4.78, 5) is 12.0. The highest BCUT2D eigenvalue weighted by Gasteiger charge is 2.07. The lowest BCUT2D eigenvalue weighted by Gasteiger charge is -2.10. The van der Waals surface area contributed by atoms with E-state index in [4.69, 9.17) is 9.47 Å². The molecule has 0 spiro atoms. The smallest absolute Gasteiger partial charge is 0.262 e. The van der Waals surface area contributed by atoms with Gasteiger partial charge >= 0.3 is 0 Å². The number of hydrogen-bond acceptors (Lipinski definition) is 3. The van der Waals surface area contributed by atoms with Crippen molar-refractivity contribution in [2.75, 3.05) is 19.0 Å². The van der Waals surface area contributed by atoms with Crippen LogP contribution in [0.1, 0.15) is 0 Å². The molecule has 0 heterocycles. The van der Waals surface area contributed by atoms with E-state index in [0.29, 0.717) is 17.2 Å². The number of ether oxygens (including phenoxy) is 2. The van der Waals surface area contributed by atoms with Crippen LogP contribution in [0, 0.1) is 0 Å². The molecule has 0 saturated carbocycles. The molecule has 1 amide bonds. The predicted octanol–water partition coefficient (Wildman–Crippen LogP) is 4.63. The second kappa shape index (κ2) is 7.36. The summed E-state index contributed by atoms with van der Waals surface area (Å²) in [5.74, 6) is 1.15. The van der Waals surface area contributed by atoms with Crippen molar-refractivity contribution in [2.24, 2.45) is 0 Å². The van der Waals surface area contributed by atoms with Gasteiger partial charge in [-0.05, 0) is 57.0 Å². The molecule has 0 aromatic heterocycles. The molecule has 3 aromatic carbocycles. The van der Waals surface area contributed by atoms with E-state index in [1.165, 1.54) is 0 Å². The van der Waals surface area contributed by atoms with Gasteiger partial charge in [0, 0.05) is 5.69 Å². The molecular weight excluding hydrogens is 370 g/mol. The maximum Gasteiger partial charge on any atom is 0.262 e. The van der Waals surface area contributed by atoms with Crippen LogP contribution in [-0.2, 0) is 4.79 Å². The fourth-order valence-electron chi connectivity index (χ4n) is 2.35. The number of nitrogens with one attached hydrogen (secondary N) is 1. The Balaban J connectivity index is 1.61. The quantitative estimate of drug-likeness (QED) is 0.696. The molecule has 4 nitrogen and oxygen atoms in total. The summed E-state index contributed by atoms with van der Waals surface area (Å²) in [6.07, 6.45) is 0. The number of halogens is 1. The predicted molar refractivity (Wildman–Crippen MR) is 98.8 cm³/mol. The van der Waals surface area contributed by atoms with Gasteiger partial charge in [0.05, 0.1) is 11.6 Å². The van der Waals surface area contributed by atoms with E-state index in [-0.39, 0.29) is 12.5 Å². The number of fused-ring (bicyclic) bond motifs is 1. The Kier molecular flexibility index (Phi) is 5.01. The standard InChI is InChI=1S/C19H16BrNO3/c1-23-18-9-7-15(11-17(18)20)21-19(22)12-24-16-8-6-13-4-2-3-5-14(13)10-16/h2-11H,12H2,1H3,(H,21,22). The average Bonchev–Trinajstić information content (AvgIpc) is 2.60. The largest absolute Gasteiger partial charge is 0.496 e. The van der Waals surface area contributed by atoms with Crippen LogP contribution in [0.25, 0.3) is 10.8 Å². The molecule has 3 rings (SSSR count). The van der Waals surface area contributed by atoms with Gasteiger partial charge in [-0.2, -0.15) is 0 Å². The fourth-order valence-corrected chi connectivity index (χ4v) is 2.89. The highest BCUT2D eigenvalue weighted by atomic mass is 79.9. The molecule has 24 heavy (non-hydrogen) atoms. The van der Waals surface area contributed by atoms with Crippen LogP contribution in [0.2, 0.25) is 0 Å². The van der Waals surface area contributed by atoms with Crippen molar-refractivity contribution in [3.63, 3.8) is 0 Å². The first-order valence-electron chi connectivity index (χ1n) is 7.41. The molecule has 0 aliphatic rings. The van der Waals surface area contributed by atoms with E-state index in [0.717, 1.165) is 15.2 Å². The molecule has 1 N–H and O–H groups in total. The molecule has 0 unspecified atom stereocenters. The number of benzene rings is 3. The van der Waals surface area contributed by atoms with E-state index in [9.17, 15) is 4.79 Å². The molecule has 0 fully saturated rings. The molecule has 0 radical (unpaired) electrons. The van der Waals surface area contributed by atoms with Crippen molar-refractivity contribution in [3.05, 3.63) is 65.1 Å². The number of anilines is 1. The highest BCUT2D eigenvalue weighted by molar-refractivity contribution is 9.10. The van der Waals surface area contributed by atoms with Gasteiger partial charge in [-0.15, -0.1) is 0 Å². The summed E-state index contributed by atoms with van der Waals surface area (Å²) in [7, 11) is 1.59. The molecule has 0 bridgehead atoms. The number of hydrogen-bond donors (Lipinski definition) is 1. The Morgan fingerprint density at radius 3 is 2.58 bits per heavy atom. The number of rotatable bonds is 5. The summed E-state index contributed by atoms with van der Waals surface area (Å²) in [5.41, 5.74) is 0.676. The van der Waals surface area contributed by atoms with Crippen molar-refractivity contribution in [1.29, 1.82) is 0 Å². The fraction of sp³-hybridized carbons (Fsp3) is 0.105. The minimum absolute atomic E-state index is 0.0536. The second-order valence-electron chi connectivity index (χ2n) is 5.20. The lowest BCUT2D eigenvalue weighted by Crippen LogP contribution is -2.20. The maximum atomic E-state index is 12.0. The van der Waals surface area contributed by atoms with Crippen molar-refractivity contribution in [1.82, 2.24) is 0 Å². The average molecular weight is 386 g/mol. The summed E-state index contributed by atoms with van der Waals surface area (Å²) < 4.78 is 11.5. The zero-order chi connectivity index (χ0) is 16.9. The zero-order valence-corrected chi connectivity index (χ0v) is 14.7. The van der Waals surface area contributed by atoms with Gasteiger partial charge in [0.15, 0.2) is 6.61 Å². The molecule has 0 saturated heterocycles. The Bertz CT molecular complexity index is 879. The minimum atomic E-state index is -0.222. The SMILES string of the molecule is COc1ccc(NC(=O)COc2ccc3ccccc3c2)cc1Br. The Morgan fingerprint density at radius 2 is 1.83 bits per heavy atom. The third-order valence-corrected chi connectivity index (χ3v) is 4.15. The van der Waals surface area contributed by atoms with E-state index in [1.54, 1.807) is 25.3 Å². The first kappa shape index (κ1) is 16.3. The van der Waals surface area contributed by atoms with Gasteiger partial charge in [0.2, 0.25) is 0 Å². The lowest BCUT2D eigenvalue weighted by molar-refractivity contribution is -0.118. The summed E-state index contributed by atoms with van der Waals surface area (Å²) in [5, 5.41) is 5.01. The van der Waals surface area contributed by atoms with Gasteiger partial charge in [-0.3, -0.25) is 4.79 Å². The van der Waals surface area contributed by atoms with Crippen LogP contribution in [0.4, 0.5) is 5.69 Å². The minimum Gasteiger partial charge on any atom is -0.496 e. The van der Waals surface area contributed by atoms with Gasteiger partial charge in [-0.1, -0.05) is 30.3 Å². The molecular formula is C19H16BrNO3. The van der Waals surface area contributed by atoms with Gasteiger partial charge in [0.1, 0.15) is 11.5 Å². The van der Waals surface area contributed by atoms with Crippen LogP contribution in [0.5, 0.6) is 11.5 Å². The lowest BCUT2D eigenvalue weighted by atomic mass is 10.1. The van der Waals surface area contributed by atoms with Crippen LogP contribution < -0.4 is 14.8 Å². The molecule has 122 valence electrons. The first-order valence-corrected chi connectivity index (χ1v) is 8.20. The summed E-state index contributed by atoms with van der Waals surface area (Å²) >= 11 is 3.39. The molecule has 5 heteroatoms. The highest BCUT2D eigenvalue weighted by Crippen LogP contribution is 2.27. The maximum absolute atomic E-state index is 12.0. The van der Waals surface area contributed by atoms with E-state index >= 15 is 0 Å². The number of carbonyl (C=O) groups is 1. The Labute approximate surface area is 148 Å². The van der Waals surface area contributed by atoms with E-state index in [1.807, 2.05) is 42.5 Å². The number of methoxy groups -OCH3 is 1. The Morgan fingerprint density at radius 1 is 1.04 bits per heavy atom. The normalized spacial score (nSPS) is 10.4. The van der Waals surface area contributed by atoms with Crippen LogP contribution in [-0.4, -0.2) is 19.6 Å². The van der Waals surface area contributed by atoms with E-state index < -0.39 is 0 Å². The number of amides is 1. The molecule has 3 aromatic rings. The third-order valence-electron chi connectivity index (χ3n) is 3.53. The van der Waals surface area contributed by atoms with Crippen molar-refractivity contribution in [3.8, 4) is 11.5 Å². The third kappa shape index (κ3) is 3.86. The Hall–Kier alpha value is -2.53. The zero-order valence-electron chi connectivity index (χ0n) is 13.1. The second-order valence-corrected chi connectivity index (χ2v) is 6.05. The monoisotopic (exact) mass is 385 g/mol. The summed E-state index contributed by atoms with van der Waals surface area (Å²) in [6.45, 7) is -0.0536. The van der Waals surface area contributed by atoms with Crippen molar-refractivity contribution in [2.45, 2.75) is 0 Å². The van der Waals surface area contributed by atoms with Crippen LogP contribution in [0.15, 0.2) is 65.1 Å². The van der Waals surface area contributed by atoms with Crippen LogP contribution >= 0.6 is 15.9 Å². The molecule has 0 aliphatic carbocycles. The van der Waals surface area contributed by atoms with Crippen LogP contribution in [0.3, 0.4) is 0 Å². The first-order chi connectivity index (χ1) is 11.7.